The first-order chi connectivity index (χ1) is 7.25. The van der Waals surface area contributed by atoms with Gasteiger partial charge in [-0.15, -0.1) is 22.7 Å². The van der Waals surface area contributed by atoms with Gasteiger partial charge in [0.25, 0.3) is 0 Å². The van der Waals surface area contributed by atoms with E-state index in [2.05, 4.69) is 4.98 Å². The summed E-state index contributed by atoms with van der Waals surface area (Å²) < 4.78 is 0.970. The summed E-state index contributed by atoms with van der Waals surface area (Å²) in [5.74, 6) is 0.663. The lowest BCUT2D eigenvalue weighted by Gasteiger charge is -1.94. The Morgan fingerprint density at radius 2 is 2.40 bits per heavy atom. The molecule has 0 aromatic carbocycles. The minimum atomic E-state index is 0.183. The monoisotopic (exact) mass is 255 g/mol. The molecule has 15 heavy (non-hydrogen) atoms. The van der Waals surface area contributed by atoms with E-state index >= 15 is 0 Å². The summed E-state index contributed by atoms with van der Waals surface area (Å²) in [4.78, 5) is 16.8. The first-order valence-corrected chi connectivity index (χ1v) is 7.12. The van der Waals surface area contributed by atoms with Crippen molar-refractivity contribution in [3.05, 3.63) is 33.5 Å². The van der Waals surface area contributed by atoms with Crippen LogP contribution in [0.5, 0.6) is 0 Å². The fourth-order valence-electron chi connectivity index (χ4n) is 1.03. The molecule has 0 saturated heterocycles. The standard InChI is InChI=1S/C10H9NOS3/c1-7-5-14-10(11-7)15-6-8(12)9-3-2-4-13-9/h2-5H,6H2,1H3. The minimum absolute atomic E-state index is 0.183. The van der Waals surface area contributed by atoms with Crippen molar-refractivity contribution in [1.29, 1.82) is 0 Å². The molecule has 0 N–H and O–H groups in total. The van der Waals surface area contributed by atoms with E-state index in [0.29, 0.717) is 5.75 Å². The zero-order valence-electron chi connectivity index (χ0n) is 8.10. The normalized spacial score (nSPS) is 10.5. The van der Waals surface area contributed by atoms with E-state index < -0.39 is 0 Å². The van der Waals surface area contributed by atoms with Crippen molar-refractivity contribution >= 4 is 40.2 Å². The zero-order valence-corrected chi connectivity index (χ0v) is 10.5. The number of carbonyl (C=O) groups is 1. The Kier molecular flexibility index (Phi) is 3.56. The van der Waals surface area contributed by atoms with Gasteiger partial charge in [-0.1, -0.05) is 17.8 Å². The SMILES string of the molecule is Cc1csc(SCC(=O)c2cccs2)n1. The van der Waals surface area contributed by atoms with Crippen molar-refractivity contribution in [2.45, 2.75) is 11.3 Å². The van der Waals surface area contributed by atoms with Crippen LogP contribution in [0.3, 0.4) is 0 Å². The van der Waals surface area contributed by atoms with E-state index in [1.165, 1.54) is 23.1 Å². The molecule has 0 fully saturated rings. The van der Waals surface area contributed by atoms with Crippen LogP contribution in [0.25, 0.3) is 0 Å². The Bertz CT molecular complexity index is 447. The molecule has 5 heteroatoms. The Hall–Kier alpha value is -0.650. The predicted octanol–water partition coefficient (Wildman–Crippen LogP) is 3.49. The van der Waals surface area contributed by atoms with Gasteiger partial charge in [-0.3, -0.25) is 4.79 Å². The average Bonchev–Trinajstić information content (AvgIpc) is 2.84. The molecule has 0 bridgehead atoms. The molecule has 0 aliphatic carbocycles. The van der Waals surface area contributed by atoms with Crippen LogP contribution >= 0.6 is 34.4 Å². The summed E-state index contributed by atoms with van der Waals surface area (Å²) >= 11 is 4.60. The van der Waals surface area contributed by atoms with Crippen LogP contribution in [0.15, 0.2) is 27.2 Å². The first-order valence-electron chi connectivity index (χ1n) is 4.37. The topological polar surface area (TPSA) is 30.0 Å². The first kappa shape index (κ1) is 10.9. The van der Waals surface area contributed by atoms with Gasteiger partial charge < -0.3 is 0 Å². The van der Waals surface area contributed by atoms with Crippen molar-refractivity contribution in [3.63, 3.8) is 0 Å². The third-order valence-electron chi connectivity index (χ3n) is 1.72. The second-order valence-corrected chi connectivity index (χ2v) is 5.97. The Balaban J connectivity index is 1.91. The summed E-state index contributed by atoms with van der Waals surface area (Å²) in [6, 6.07) is 3.76. The molecule has 2 aromatic rings. The number of rotatable bonds is 4. The zero-order chi connectivity index (χ0) is 10.7. The van der Waals surface area contributed by atoms with Crippen LogP contribution in [-0.2, 0) is 0 Å². The lowest BCUT2D eigenvalue weighted by molar-refractivity contribution is 0.102. The summed E-state index contributed by atoms with van der Waals surface area (Å²) in [6.45, 7) is 1.96. The van der Waals surface area contributed by atoms with Gasteiger partial charge in [0.05, 0.1) is 10.6 Å². The van der Waals surface area contributed by atoms with Gasteiger partial charge in [-0.05, 0) is 18.4 Å². The number of nitrogens with zero attached hydrogens (tertiary/aromatic N) is 1. The second-order valence-electron chi connectivity index (χ2n) is 2.94. The number of thiazole rings is 1. The number of hydrogen-bond donors (Lipinski definition) is 0. The third-order valence-corrected chi connectivity index (χ3v) is 4.77. The number of thiophene rings is 1. The molecule has 78 valence electrons. The van der Waals surface area contributed by atoms with Crippen molar-refractivity contribution in [3.8, 4) is 0 Å². The second kappa shape index (κ2) is 4.92. The lowest BCUT2D eigenvalue weighted by Crippen LogP contribution is -1.98. The van der Waals surface area contributed by atoms with Gasteiger partial charge in [0.15, 0.2) is 10.1 Å². The lowest BCUT2D eigenvalue weighted by atomic mass is 10.4. The number of Topliss-reactive ketones (excluding diaryl/α,β-unsaturated/α-hetero) is 1. The van der Waals surface area contributed by atoms with Gasteiger partial charge in [0.1, 0.15) is 0 Å². The van der Waals surface area contributed by atoms with Gasteiger partial charge in [0.2, 0.25) is 0 Å². The van der Waals surface area contributed by atoms with Gasteiger partial charge in [-0.25, -0.2) is 4.98 Å². The van der Waals surface area contributed by atoms with E-state index in [-0.39, 0.29) is 5.78 Å². The van der Waals surface area contributed by atoms with Gasteiger partial charge >= 0.3 is 0 Å². The van der Waals surface area contributed by atoms with Crippen LogP contribution in [0.1, 0.15) is 15.4 Å². The van der Waals surface area contributed by atoms with Crippen LogP contribution < -0.4 is 0 Å². The fourth-order valence-corrected chi connectivity index (χ4v) is 3.52. The molecule has 0 amide bonds. The van der Waals surface area contributed by atoms with Crippen LogP contribution in [0.4, 0.5) is 0 Å². The number of aryl methyl sites for hydroxylation is 1. The van der Waals surface area contributed by atoms with Crippen molar-refractivity contribution in [2.24, 2.45) is 0 Å². The molecule has 0 aliphatic heterocycles. The number of ketones is 1. The Labute approximate surface area is 100 Å². The van der Waals surface area contributed by atoms with E-state index in [4.69, 9.17) is 0 Å². The molecule has 0 spiro atoms. The maximum Gasteiger partial charge on any atom is 0.183 e. The molecule has 0 radical (unpaired) electrons. The highest BCUT2D eigenvalue weighted by Gasteiger charge is 2.08. The number of aromatic nitrogens is 1. The van der Waals surface area contributed by atoms with Crippen molar-refractivity contribution < 1.29 is 4.79 Å². The quantitative estimate of drug-likeness (QED) is 0.619. The molecule has 2 aromatic heterocycles. The van der Waals surface area contributed by atoms with Gasteiger partial charge in [0, 0.05) is 11.1 Å². The Morgan fingerprint density at radius 3 is 3.00 bits per heavy atom. The summed E-state index contributed by atoms with van der Waals surface area (Å²) in [7, 11) is 0. The highest BCUT2D eigenvalue weighted by molar-refractivity contribution is 8.01. The van der Waals surface area contributed by atoms with Crippen molar-refractivity contribution in [1.82, 2.24) is 4.98 Å². The summed E-state index contributed by atoms with van der Waals surface area (Å²) in [5.41, 5.74) is 1.02. The molecule has 0 unspecified atom stereocenters. The maximum atomic E-state index is 11.7. The molecule has 2 rings (SSSR count). The molecular formula is C10H9NOS3. The van der Waals surface area contributed by atoms with Crippen LogP contribution in [-0.4, -0.2) is 16.5 Å². The fraction of sp³-hybridized carbons (Fsp3) is 0.200. The van der Waals surface area contributed by atoms with E-state index in [1.807, 2.05) is 29.8 Å². The smallest absolute Gasteiger partial charge is 0.183 e. The van der Waals surface area contributed by atoms with Crippen LogP contribution in [0.2, 0.25) is 0 Å². The van der Waals surface area contributed by atoms with E-state index in [1.54, 1.807) is 11.3 Å². The number of hydrogen-bond acceptors (Lipinski definition) is 5. The molecule has 0 aliphatic rings. The van der Waals surface area contributed by atoms with E-state index in [0.717, 1.165) is 14.9 Å². The molecular weight excluding hydrogens is 246 g/mol. The largest absolute Gasteiger partial charge is 0.292 e. The average molecular weight is 255 g/mol. The van der Waals surface area contributed by atoms with E-state index in [9.17, 15) is 4.79 Å². The highest BCUT2D eigenvalue weighted by Crippen LogP contribution is 2.23. The van der Waals surface area contributed by atoms with Crippen molar-refractivity contribution in [2.75, 3.05) is 5.75 Å². The summed E-state index contributed by atoms with van der Waals surface area (Å²) in [6.07, 6.45) is 0. The molecule has 2 nitrogen and oxygen atoms in total. The highest BCUT2D eigenvalue weighted by atomic mass is 32.2. The Morgan fingerprint density at radius 1 is 1.53 bits per heavy atom. The predicted molar refractivity (Wildman–Crippen MR) is 66.2 cm³/mol. The number of thioether (sulfide) groups is 1. The third kappa shape index (κ3) is 2.90. The molecule has 2 heterocycles. The summed E-state index contributed by atoms with van der Waals surface area (Å²) in [5, 5.41) is 3.92. The van der Waals surface area contributed by atoms with Gasteiger partial charge in [-0.2, -0.15) is 0 Å². The number of carbonyl (C=O) groups excluding carboxylic acids is 1. The maximum absolute atomic E-state index is 11.7. The van der Waals surface area contributed by atoms with Crippen LogP contribution in [0, 0.1) is 6.92 Å². The minimum Gasteiger partial charge on any atom is -0.292 e. The molecule has 0 atom stereocenters. The molecule has 0 saturated carbocycles.